The number of phosphoric ester groups is 2. The number of carbonyl (C=O) groups excluding carboxylic acids is 4. The molecule has 5 unspecified atom stereocenters. The molecule has 0 aromatic carbocycles. The van der Waals surface area contributed by atoms with Gasteiger partial charge in [0.1, 0.15) is 19.3 Å². The fourth-order valence-electron chi connectivity index (χ4n) is 9.96. The third kappa shape index (κ3) is 73.3. The van der Waals surface area contributed by atoms with Crippen molar-refractivity contribution in [3.8, 4) is 0 Å². The molecule has 3 N–H and O–H groups in total. The van der Waals surface area contributed by atoms with E-state index >= 15 is 0 Å². The van der Waals surface area contributed by atoms with Crippen molar-refractivity contribution in [2.45, 2.75) is 316 Å². The van der Waals surface area contributed by atoms with Gasteiger partial charge in [-0.3, -0.25) is 37.3 Å². The number of unbranched alkanes of at least 4 members (excludes halogenated alkanes) is 23. The first-order valence-corrected chi connectivity index (χ1v) is 42.1. The van der Waals surface area contributed by atoms with Crippen molar-refractivity contribution < 1.29 is 80.2 Å². The second-order valence-electron chi connectivity index (χ2n) is 25.6. The van der Waals surface area contributed by atoms with Crippen LogP contribution < -0.4 is 0 Å². The Morgan fingerprint density at radius 1 is 0.294 bits per heavy atom. The topological polar surface area (TPSA) is 237 Å². The summed E-state index contributed by atoms with van der Waals surface area (Å²) in [4.78, 5) is 72.8. The first-order valence-electron chi connectivity index (χ1n) is 39.1. The van der Waals surface area contributed by atoms with Crippen molar-refractivity contribution in [3.63, 3.8) is 0 Å². The highest BCUT2D eigenvalue weighted by Gasteiger charge is 2.30. The predicted octanol–water partition coefficient (Wildman–Crippen LogP) is 22.7. The third-order valence-corrected chi connectivity index (χ3v) is 17.7. The molecule has 0 amide bonds. The molecule has 0 spiro atoms. The molecular weight excluding hydrogens is 1330 g/mol. The minimum absolute atomic E-state index is 0.0123. The van der Waals surface area contributed by atoms with Gasteiger partial charge in [0.05, 0.1) is 32.8 Å². The fourth-order valence-corrected chi connectivity index (χ4v) is 11.5. The van der Waals surface area contributed by atoms with Crippen LogP contribution in [0.15, 0.2) is 146 Å². The number of phosphoric acid groups is 2. The molecule has 0 aromatic rings. The zero-order valence-corrected chi connectivity index (χ0v) is 65.3. The number of ether oxygens (including phenoxy) is 4. The Morgan fingerprint density at radius 3 is 0.941 bits per heavy atom. The molecule has 102 heavy (non-hydrogen) atoms. The molecule has 0 aromatic heterocycles. The van der Waals surface area contributed by atoms with Gasteiger partial charge < -0.3 is 33.8 Å². The summed E-state index contributed by atoms with van der Waals surface area (Å²) in [6.07, 6.45) is 84.6. The minimum atomic E-state index is -5.02. The molecule has 0 fully saturated rings. The first-order chi connectivity index (χ1) is 49.7. The maximum absolute atomic E-state index is 13.1. The van der Waals surface area contributed by atoms with Crippen LogP contribution in [0.1, 0.15) is 297 Å². The summed E-state index contributed by atoms with van der Waals surface area (Å²) in [6, 6.07) is 0. The van der Waals surface area contributed by atoms with Gasteiger partial charge in [-0.15, -0.1) is 0 Å². The van der Waals surface area contributed by atoms with E-state index in [2.05, 4.69) is 131 Å². The summed E-state index contributed by atoms with van der Waals surface area (Å²) in [6.45, 7) is 4.42. The van der Waals surface area contributed by atoms with Gasteiger partial charge in [-0.2, -0.15) is 0 Å². The highest BCUT2D eigenvalue weighted by Crippen LogP contribution is 2.45. The van der Waals surface area contributed by atoms with Gasteiger partial charge in [-0.25, -0.2) is 9.13 Å². The normalized spacial score (nSPS) is 14.7. The Kier molecular flexibility index (Phi) is 70.5. The zero-order valence-electron chi connectivity index (χ0n) is 63.5. The Morgan fingerprint density at radius 2 is 0.569 bits per heavy atom. The average Bonchev–Trinajstić information content (AvgIpc) is 0.924. The Balaban J connectivity index is 5.48. The summed E-state index contributed by atoms with van der Waals surface area (Å²) in [5.41, 5.74) is 0. The van der Waals surface area contributed by atoms with Gasteiger partial charge in [-0.1, -0.05) is 302 Å². The molecule has 0 aliphatic rings. The number of aliphatic hydroxyl groups excluding tert-OH is 1. The maximum Gasteiger partial charge on any atom is 0.472 e. The van der Waals surface area contributed by atoms with Crippen LogP contribution in [0.5, 0.6) is 0 Å². The average molecular weight is 1470 g/mol. The molecule has 0 heterocycles. The molecule has 0 rings (SSSR count). The van der Waals surface area contributed by atoms with Crippen molar-refractivity contribution in [1.29, 1.82) is 0 Å². The minimum Gasteiger partial charge on any atom is -0.462 e. The van der Waals surface area contributed by atoms with Crippen molar-refractivity contribution in [2.24, 2.45) is 0 Å². The van der Waals surface area contributed by atoms with Crippen LogP contribution in [0, 0.1) is 0 Å². The number of rotatable bonds is 72. The van der Waals surface area contributed by atoms with Gasteiger partial charge in [0.15, 0.2) is 12.2 Å². The van der Waals surface area contributed by atoms with Crippen molar-refractivity contribution in [3.05, 3.63) is 146 Å². The summed E-state index contributed by atoms with van der Waals surface area (Å²) < 4.78 is 68.3. The number of aliphatic hydroxyl groups is 1. The van der Waals surface area contributed by atoms with E-state index in [9.17, 15) is 43.2 Å². The maximum atomic E-state index is 13.1. The van der Waals surface area contributed by atoms with Crippen LogP contribution in [0.4, 0.5) is 0 Å². The van der Waals surface area contributed by atoms with E-state index in [1.165, 1.54) is 96.3 Å². The highest BCUT2D eigenvalue weighted by molar-refractivity contribution is 7.47. The Bertz CT molecular complexity index is 2510. The summed E-state index contributed by atoms with van der Waals surface area (Å²) in [5, 5.41) is 10.6. The van der Waals surface area contributed by atoms with Gasteiger partial charge in [-0.05, 0) is 116 Å². The molecule has 17 nitrogen and oxygen atoms in total. The number of allylic oxidation sites excluding steroid dienone is 23. The molecule has 5 atom stereocenters. The second-order valence-corrected chi connectivity index (χ2v) is 28.5. The van der Waals surface area contributed by atoms with Crippen LogP contribution in [0.2, 0.25) is 0 Å². The molecule has 0 aliphatic heterocycles. The van der Waals surface area contributed by atoms with E-state index in [-0.39, 0.29) is 25.7 Å². The SMILES string of the molecule is CC/C=C\C/C=C\C/C=C\C/C=C\C/C=C\C/C=C\CCC(=O)OCC(COP(=O)(O)OCC(O)COP(=O)(O)OCC(COC(=O)CCCCCCCCCCCCCCCCC)OC(=O)CCCCCCC/C=C\CCCCCC)OC(=O)C/C=C\C/C=C\C/C=C\C/C=C\C/C=C\CC. The predicted molar refractivity (Wildman–Crippen MR) is 417 cm³/mol. The van der Waals surface area contributed by atoms with Gasteiger partial charge in [0.25, 0.3) is 0 Å². The molecule has 0 bridgehead atoms. The van der Waals surface area contributed by atoms with E-state index in [1.807, 2.05) is 30.4 Å². The van der Waals surface area contributed by atoms with Gasteiger partial charge >= 0.3 is 39.5 Å². The van der Waals surface area contributed by atoms with E-state index in [0.29, 0.717) is 32.1 Å². The van der Waals surface area contributed by atoms with E-state index in [4.69, 9.17) is 37.0 Å². The number of carbonyl (C=O) groups is 4. The molecular formula is C83H138O17P2. The number of hydrogen-bond donors (Lipinski definition) is 3. The Labute approximate surface area is 617 Å². The van der Waals surface area contributed by atoms with Gasteiger partial charge in [0, 0.05) is 19.3 Å². The smallest absolute Gasteiger partial charge is 0.462 e. The second kappa shape index (κ2) is 74.2. The lowest BCUT2D eigenvalue weighted by Gasteiger charge is -2.21. The van der Waals surface area contributed by atoms with E-state index in [0.717, 1.165) is 116 Å². The standard InChI is InChI=1S/C83H138O17P2/c1-5-9-13-17-21-25-29-33-36-37-38-39-42-45-48-52-56-60-64-68-81(86)94-74-79(100-83(88)70-66-62-58-54-50-46-41-35-31-27-23-19-15-11-7-3)76-98-102(91,92)96-72-77(84)71-95-101(89,90)97-75-78(99-82(87)69-65-61-57-53-49-43-32-28-24-20-16-12-8-4)73-93-80(85)67-63-59-55-51-47-44-40-34-30-26-22-18-14-10-6-2/h9,11,13,15,21,23,25,27-28,32-33,35-36,38-39,41,45,48,50,54,56,60,62,66,77-79,84H,5-8,10,12,14,16-20,22,24,26,29-31,34,37,40,42-44,46-47,49,51-53,55,57-59,61,63-65,67-76H2,1-4H3,(H,89,90)(H,91,92)/b13-9-,15-11-,25-21-,27-23-,32-28-,36-33-,39-38-,41-35-,48-45-,54-50-,60-56-,66-62-. The zero-order chi connectivity index (χ0) is 74.6. The fraction of sp³-hybridized carbons (Fsp3) is 0.663. The van der Waals surface area contributed by atoms with Crippen molar-refractivity contribution in [2.75, 3.05) is 39.6 Å². The molecule has 0 saturated heterocycles. The number of esters is 4. The largest absolute Gasteiger partial charge is 0.472 e. The van der Waals surface area contributed by atoms with E-state index in [1.54, 1.807) is 12.2 Å². The van der Waals surface area contributed by atoms with Crippen LogP contribution in [0.3, 0.4) is 0 Å². The third-order valence-electron chi connectivity index (χ3n) is 15.8. The highest BCUT2D eigenvalue weighted by atomic mass is 31.2. The molecule has 0 saturated carbocycles. The quantitative estimate of drug-likeness (QED) is 0.0169. The van der Waals surface area contributed by atoms with Crippen LogP contribution >= 0.6 is 15.6 Å². The van der Waals surface area contributed by atoms with E-state index < -0.39 is 97.5 Å². The van der Waals surface area contributed by atoms with Crippen molar-refractivity contribution >= 4 is 39.5 Å². The monoisotopic (exact) mass is 1470 g/mol. The lowest BCUT2D eigenvalue weighted by Crippen LogP contribution is -2.30. The van der Waals surface area contributed by atoms with Crippen LogP contribution in [0.25, 0.3) is 0 Å². The summed E-state index contributed by atoms with van der Waals surface area (Å²) in [7, 11) is -10.0. The van der Waals surface area contributed by atoms with Crippen LogP contribution in [-0.2, 0) is 65.4 Å². The lowest BCUT2D eigenvalue weighted by atomic mass is 10.0. The van der Waals surface area contributed by atoms with Crippen LogP contribution in [-0.4, -0.2) is 96.7 Å². The molecule has 582 valence electrons. The summed E-state index contributed by atoms with van der Waals surface area (Å²) in [5.74, 6) is -2.43. The lowest BCUT2D eigenvalue weighted by molar-refractivity contribution is -0.161. The molecule has 19 heteroatoms. The first kappa shape index (κ1) is 96.9. The number of hydrogen-bond acceptors (Lipinski definition) is 15. The molecule has 0 radical (unpaired) electrons. The Hall–Kier alpha value is -5.06. The van der Waals surface area contributed by atoms with Gasteiger partial charge in [0.2, 0.25) is 0 Å². The van der Waals surface area contributed by atoms with Crippen molar-refractivity contribution in [1.82, 2.24) is 0 Å². The molecule has 0 aliphatic carbocycles. The summed E-state index contributed by atoms with van der Waals surface area (Å²) >= 11 is 0.